The van der Waals surface area contributed by atoms with Crippen LogP contribution < -0.4 is 0 Å². The number of unbranched alkanes of at least 4 members (excludes halogenated alkanes) is 32. The first-order valence-electron chi connectivity index (χ1n) is 31.6. The van der Waals surface area contributed by atoms with Gasteiger partial charge in [-0.25, -0.2) is 0 Å². The summed E-state index contributed by atoms with van der Waals surface area (Å²) in [6.07, 6.45) is 82.3. The molecule has 0 aromatic heterocycles. The van der Waals surface area contributed by atoms with Crippen molar-refractivity contribution in [1.29, 1.82) is 0 Å². The van der Waals surface area contributed by atoms with Crippen LogP contribution in [0.25, 0.3) is 0 Å². The molecule has 0 aromatic rings. The molecule has 0 saturated carbocycles. The van der Waals surface area contributed by atoms with Gasteiger partial charge in [0.2, 0.25) is 0 Å². The first kappa shape index (κ1) is 70.6. The maximum Gasteiger partial charge on any atom is 0.306 e. The third-order valence-corrected chi connectivity index (χ3v) is 13.6. The lowest BCUT2D eigenvalue weighted by Gasteiger charge is -2.18. The Hall–Kier alpha value is -3.41. The van der Waals surface area contributed by atoms with Gasteiger partial charge in [-0.2, -0.15) is 0 Å². The van der Waals surface area contributed by atoms with Crippen LogP contribution in [0.15, 0.2) is 85.1 Å². The van der Waals surface area contributed by atoms with Gasteiger partial charge in [0.15, 0.2) is 6.10 Å². The number of rotatable bonds is 57. The number of allylic oxidation sites excluding steroid dienone is 14. The number of hydrogen-bond acceptors (Lipinski definition) is 6. The first-order valence-corrected chi connectivity index (χ1v) is 31.6. The molecular weight excluding hydrogens is 913 g/mol. The molecule has 1 atom stereocenters. The van der Waals surface area contributed by atoms with Gasteiger partial charge in [-0.3, -0.25) is 14.4 Å². The molecule has 0 fully saturated rings. The van der Waals surface area contributed by atoms with Crippen LogP contribution in [-0.4, -0.2) is 37.2 Å². The molecule has 0 spiro atoms. The minimum absolute atomic E-state index is 0.104. The summed E-state index contributed by atoms with van der Waals surface area (Å²) in [5.41, 5.74) is 0. The molecule has 0 aliphatic carbocycles. The fourth-order valence-corrected chi connectivity index (χ4v) is 8.94. The van der Waals surface area contributed by atoms with Crippen molar-refractivity contribution in [2.45, 2.75) is 316 Å². The van der Waals surface area contributed by atoms with E-state index in [1.54, 1.807) is 0 Å². The largest absolute Gasteiger partial charge is 0.462 e. The molecule has 0 aromatic carbocycles. The van der Waals surface area contributed by atoms with Crippen molar-refractivity contribution in [1.82, 2.24) is 0 Å². The van der Waals surface area contributed by atoms with Gasteiger partial charge in [-0.1, -0.05) is 292 Å². The van der Waals surface area contributed by atoms with E-state index in [9.17, 15) is 14.4 Å². The zero-order valence-electron chi connectivity index (χ0n) is 48.8. The van der Waals surface area contributed by atoms with Crippen LogP contribution in [0.4, 0.5) is 0 Å². The lowest BCUT2D eigenvalue weighted by molar-refractivity contribution is -0.166. The van der Waals surface area contributed by atoms with E-state index in [0.29, 0.717) is 19.3 Å². The molecule has 6 nitrogen and oxygen atoms in total. The highest BCUT2D eigenvalue weighted by Crippen LogP contribution is 2.17. The number of hydrogen-bond donors (Lipinski definition) is 0. The Morgan fingerprint density at radius 1 is 0.284 bits per heavy atom. The van der Waals surface area contributed by atoms with E-state index >= 15 is 0 Å². The van der Waals surface area contributed by atoms with Crippen molar-refractivity contribution < 1.29 is 28.6 Å². The fraction of sp³-hybridized carbons (Fsp3) is 0.750. The third kappa shape index (κ3) is 59.5. The Bertz CT molecular complexity index is 1420. The average Bonchev–Trinajstić information content (AvgIpc) is 3.40. The Morgan fingerprint density at radius 3 is 0.878 bits per heavy atom. The molecule has 0 aliphatic rings. The number of ether oxygens (including phenoxy) is 3. The second-order valence-electron chi connectivity index (χ2n) is 20.9. The molecule has 74 heavy (non-hydrogen) atoms. The summed E-state index contributed by atoms with van der Waals surface area (Å²) in [6.45, 7) is 6.42. The average molecular weight is 1030 g/mol. The fourth-order valence-electron chi connectivity index (χ4n) is 8.94. The smallest absolute Gasteiger partial charge is 0.306 e. The van der Waals surface area contributed by atoms with Crippen molar-refractivity contribution in [2.75, 3.05) is 13.2 Å². The van der Waals surface area contributed by atoms with Gasteiger partial charge >= 0.3 is 17.9 Å². The van der Waals surface area contributed by atoms with Crippen LogP contribution in [0.1, 0.15) is 310 Å². The van der Waals surface area contributed by atoms with Crippen molar-refractivity contribution in [2.24, 2.45) is 0 Å². The van der Waals surface area contributed by atoms with Gasteiger partial charge in [0.05, 0.1) is 0 Å². The molecule has 0 bridgehead atoms. The molecule has 0 rings (SSSR count). The zero-order valence-corrected chi connectivity index (χ0v) is 48.8. The molecule has 1 unspecified atom stereocenters. The molecule has 0 radical (unpaired) electrons. The van der Waals surface area contributed by atoms with E-state index in [4.69, 9.17) is 14.2 Å². The van der Waals surface area contributed by atoms with Crippen LogP contribution in [0.3, 0.4) is 0 Å². The Morgan fingerprint density at radius 2 is 0.554 bits per heavy atom. The van der Waals surface area contributed by atoms with E-state index in [1.165, 1.54) is 186 Å². The summed E-state index contributed by atoms with van der Waals surface area (Å²) in [6, 6.07) is 0. The normalized spacial score (nSPS) is 12.6. The first-order chi connectivity index (χ1) is 36.5. The molecule has 0 aliphatic heterocycles. The minimum Gasteiger partial charge on any atom is -0.462 e. The Kier molecular flexibility index (Phi) is 59.3. The zero-order chi connectivity index (χ0) is 53.6. The van der Waals surface area contributed by atoms with Crippen LogP contribution in [0.2, 0.25) is 0 Å². The highest BCUT2D eigenvalue weighted by Gasteiger charge is 2.19. The van der Waals surface area contributed by atoms with Gasteiger partial charge in [0.25, 0.3) is 0 Å². The van der Waals surface area contributed by atoms with Crippen molar-refractivity contribution >= 4 is 17.9 Å². The standard InChI is InChI=1S/C68H118O6/c1-4-7-10-13-16-18-20-22-24-26-28-29-30-31-32-33-34-35-36-37-38-39-41-42-44-46-48-50-52-55-58-61-67(70)73-64-65(63-72-66(69)60-57-54-15-12-9-6-3)74-68(71)62-59-56-53-51-49-47-45-43-40-27-25-23-21-19-17-14-11-8-5-2/h8,11,17,19,23,25-26,28,40,43,47,49,53,56,65H,4-7,9-10,12-16,18,20-22,24,27,29-39,41-42,44-46,48,50-52,54-55,57-64H2,1-3H3/b11-8-,19-17-,25-23-,28-26-,43-40-,49-47-,56-53-. The monoisotopic (exact) mass is 1030 g/mol. The van der Waals surface area contributed by atoms with Gasteiger partial charge in [-0.15, -0.1) is 0 Å². The summed E-state index contributed by atoms with van der Waals surface area (Å²) in [7, 11) is 0. The van der Waals surface area contributed by atoms with E-state index in [0.717, 1.165) is 77.0 Å². The quantitative estimate of drug-likeness (QED) is 0.0261. The second-order valence-corrected chi connectivity index (χ2v) is 20.9. The van der Waals surface area contributed by atoms with Crippen molar-refractivity contribution in [3.63, 3.8) is 0 Å². The van der Waals surface area contributed by atoms with Crippen molar-refractivity contribution in [3.05, 3.63) is 85.1 Å². The number of esters is 3. The van der Waals surface area contributed by atoms with E-state index < -0.39 is 12.1 Å². The Labute approximate surface area is 458 Å². The number of carbonyl (C=O) groups excluding carboxylic acids is 3. The van der Waals surface area contributed by atoms with Gasteiger partial charge < -0.3 is 14.2 Å². The van der Waals surface area contributed by atoms with Crippen LogP contribution in [0, 0.1) is 0 Å². The second kappa shape index (κ2) is 62.1. The summed E-state index contributed by atoms with van der Waals surface area (Å²) in [5.74, 6) is -0.991. The predicted molar refractivity (Wildman–Crippen MR) is 321 cm³/mol. The Balaban J connectivity index is 4.07. The number of carbonyl (C=O) groups is 3. The summed E-state index contributed by atoms with van der Waals surface area (Å²) < 4.78 is 16.7. The van der Waals surface area contributed by atoms with Gasteiger partial charge in [-0.05, 0) is 83.5 Å². The van der Waals surface area contributed by atoms with Crippen LogP contribution in [-0.2, 0) is 28.6 Å². The van der Waals surface area contributed by atoms with Crippen LogP contribution >= 0.6 is 0 Å². The molecule has 0 saturated heterocycles. The minimum atomic E-state index is -0.813. The lowest BCUT2D eigenvalue weighted by atomic mass is 10.0. The maximum atomic E-state index is 12.8. The molecule has 0 N–H and O–H groups in total. The van der Waals surface area contributed by atoms with Crippen LogP contribution in [0.5, 0.6) is 0 Å². The van der Waals surface area contributed by atoms with E-state index in [2.05, 4.69) is 99.8 Å². The third-order valence-electron chi connectivity index (χ3n) is 13.6. The summed E-state index contributed by atoms with van der Waals surface area (Å²) in [5, 5.41) is 0. The SMILES string of the molecule is CC/C=C\C/C=C\C/C=C\C/C=C\C/C=C\C/C=C\CCC(=O)OC(COC(=O)CCCCCCCC)COC(=O)CCCCCCCCCCCCCCCCCCCCC/C=C\CCCCCCCCCC. The topological polar surface area (TPSA) is 78.9 Å². The highest BCUT2D eigenvalue weighted by molar-refractivity contribution is 5.71. The molecule has 0 heterocycles. The van der Waals surface area contributed by atoms with Gasteiger partial charge in [0.1, 0.15) is 13.2 Å². The summed E-state index contributed by atoms with van der Waals surface area (Å²) in [4.78, 5) is 37.9. The highest BCUT2D eigenvalue weighted by atomic mass is 16.6. The van der Waals surface area contributed by atoms with Gasteiger partial charge in [0, 0.05) is 19.3 Å². The van der Waals surface area contributed by atoms with E-state index in [1.807, 2.05) is 6.08 Å². The van der Waals surface area contributed by atoms with Crippen molar-refractivity contribution in [3.8, 4) is 0 Å². The molecule has 6 heteroatoms. The molecule has 0 amide bonds. The lowest BCUT2D eigenvalue weighted by Crippen LogP contribution is -2.30. The molecular formula is C68H118O6. The molecule has 426 valence electrons. The maximum absolute atomic E-state index is 12.8. The predicted octanol–water partition coefficient (Wildman–Crippen LogP) is 21.5. The summed E-state index contributed by atoms with van der Waals surface area (Å²) >= 11 is 0. The van der Waals surface area contributed by atoms with E-state index in [-0.39, 0.29) is 31.6 Å².